The minimum absolute atomic E-state index is 0.0170. The van der Waals surface area contributed by atoms with E-state index >= 15 is 0 Å². The number of piperidine rings is 1. The van der Waals surface area contributed by atoms with Gasteiger partial charge in [-0.25, -0.2) is 0 Å². The van der Waals surface area contributed by atoms with E-state index in [4.69, 9.17) is 18.9 Å². The summed E-state index contributed by atoms with van der Waals surface area (Å²) >= 11 is 0. The van der Waals surface area contributed by atoms with Crippen LogP contribution in [0.4, 0.5) is 0 Å². The zero-order valence-corrected chi connectivity index (χ0v) is 31.8. The monoisotopic (exact) mass is 688 g/mol. The zero-order valence-electron chi connectivity index (χ0n) is 31.8. The van der Waals surface area contributed by atoms with Crippen LogP contribution in [-0.2, 0) is 35.1 Å². The van der Waals surface area contributed by atoms with Gasteiger partial charge in [-0.3, -0.25) is 24.4 Å². The number of likely N-dealkylation sites (N-methyl/N-ethyl adjacent to an activating group) is 2. The van der Waals surface area contributed by atoms with Crippen molar-refractivity contribution in [3.8, 4) is 0 Å². The highest BCUT2D eigenvalue weighted by atomic mass is 16.7. The number of cyclic esters (lactones) is 1. The number of aliphatic hydroxyl groups excluding tert-OH is 1. The second-order valence-electron chi connectivity index (χ2n) is 16.2. The Morgan fingerprint density at radius 1 is 1.08 bits per heavy atom. The Balaban J connectivity index is 1.54. The number of methoxy groups -OCH3 is 1. The number of Topliss-reactive ketones (excluding diaryl/α,β-unsaturated/α-hetero) is 1. The molecule has 3 saturated heterocycles. The molecule has 0 saturated carbocycles. The molecule has 1 aromatic heterocycles. The van der Waals surface area contributed by atoms with E-state index in [1.54, 1.807) is 27.9 Å². The van der Waals surface area contributed by atoms with Gasteiger partial charge in [-0.15, -0.1) is 0 Å². The van der Waals surface area contributed by atoms with Crippen LogP contribution in [0.3, 0.4) is 0 Å². The predicted octanol–water partition coefficient (Wildman–Crippen LogP) is 4.01. The molecule has 0 aromatic carbocycles. The average molecular weight is 689 g/mol. The van der Waals surface area contributed by atoms with Crippen molar-refractivity contribution < 1.29 is 33.6 Å². The first-order valence-electron chi connectivity index (χ1n) is 18.3. The summed E-state index contributed by atoms with van der Waals surface area (Å²) in [4.78, 5) is 39.0. The van der Waals surface area contributed by atoms with Crippen LogP contribution < -0.4 is 0 Å². The Morgan fingerprint density at radius 2 is 1.73 bits per heavy atom. The Morgan fingerprint density at radius 3 is 2.35 bits per heavy atom. The highest BCUT2D eigenvalue weighted by Crippen LogP contribution is 2.38. The van der Waals surface area contributed by atoms with Gasteiger partial charge in [0.15, 0.2) is 12.1 Å². The van der Waals surface area contributed by atoms with Gasteiger partial charge in [0.2, 0.25) is 0 Å². The third kappa shape index (κ3) is 9.87. The minimum atomic E-state index is -1.41. The first-order valence-corrected chi connectivity index (χ1v) is 18.3. The molecular weight excluding hydrogens is 624 g/mol. The number of hydrogen-bond acceptors (Lipinski definition) is 11. The van der Waals surface area contributed by atoms with Gasteiger partial charge in [-0.1, -0.05) is 13.8 Å². The number of aliphatic hydroxyl groups is 1. The van der Waals surface area contributed by atoms with Gasteiger partial charge in [-0.05, 0) is 124 Å². The van der Waals surface area contributed by atoms with Crippen LogP contribution in [0.1, 0.15) is 79.2 Å². The fourth-order valence-corrected chi connectivity index (χ4v) is 8.35. The molecule has 0 amide bonds. The lowest BCUT2D eigenvalue weighted by atomic mass is 9.74. The molecule has 0 radical (unpaired) electrons. The fraction of sp³-hybridized carbons (Fsp3) is 0.816. The summed E-state index contributed by atoms with van der Waals surface area (Å²) in [5.74, 6) is -0.903. The van der Waals surface area contributed by atoms with Gasteiger partial charge >= 0.3 is 5.97 Å². The van der Waals surface area contributed by atoms with Gasteiger partial charge in [0.1, 0.15) is 18.1 Å². The van der Waals surface area contributed by atoms with Crippen LogP contribution in [0, 0.1) is 23.2 Å². The van der Waals surface area contributed by atoms with E-state index in [0.29, 0.717) is 18.8 Å². The van der Waals surface area contributed by atoms with Crippen LogP contribution in [0.5, 0.6) is 0 Å². The van der Waals surface area contributed by atoms with E-state index in [0.717, 1.165) is 45.4 Å². The van der Waals surface area contributed by atoms with Crippen LogP contribution in [0.2, 0.25) is 0 Å². The lowest BCUT2D eigenvalue weighted by Crippen LogP contribution is -2.59. The maximum absolute atomic E-state index is 14.3. The summed E-state index contributed by atoms with van der Waals surface area (Å²) in [6.45, 7) is 15.2. The molecule has 49 heavy (non-hydrogen) atoms. The normalized spacial score (nSPS) is 36.5. The van der Waals surface area contributed by atoms with Crippen LogP contribution in [0.25, 0.3) is 0 Å². The van der Waals surface area contributed by atoms with E-state index in [-0.39, 0.29) is 36.5 Å². The first-order chi connectivity index (χ1) is 23.0. The number of ether oxygens (including phenoxy) is 4. The number of esters is 1. The second-order valence-corrected chi connectivity index (χ2v) is 16.2. The number of pyridine rings is 1. The van der Waals surface area contributed by atoms with Gasteiger partial charge in [0, 0.05) is 50.6 Å². The van der Waals surface area contributed by atoms with Crippen molar-refractivity contribution in [1.82, 2.24) is 19.7 Å². The van der Waals surface area contributed by atoms with Crippen LogP contribution >= 0.6 is 0 Å². The Kier molecular flexibility index (Phi) is 13.8. The van der Waals surface area contributed by atoms with Crippen molar-refractivity contribution >= 4 is 11.8 Å². The number of carbonyl (C=O) groups is 2. The van der Waals surface area contributed by atoms with E-state index in [1.807, 2.05) is 45.2 Å². The maximum Gasteiger partial charge on any atom is 0.319 e. The molecule has 11 heteroatoms. The summed E-state index contributed by atoms with van der Waals surface area (Å²) < 4.78 is 25.1. The summed E-state index contributed by atoms with van der Waals surface area (Å²) in [5, 5.41) is 11.4. The first kappa shape index (κ1) is 39.8. The molecule has 0 unspecified atom stereocenters. The highest BCUT2D eigenvalue weighted by Gasteiger charge is 2.51. The molecule has 0 aliphatic carbocycles. The van der Waals surface area contributed by atoms with Crippen molar-refractivity contribution in [1.29, 1.82) is 0 Å². The largest absolute Gasteiger partial charge is 0.463 e. The molecule has 4 heterocycles. The molecule has 3 aliphatic rings. The van der Waals surface area contributed by atoms with Crippen LogP contribution in [0.15, 0.2) is 24.5 Å². The molecule has 3 aliphatic heterocycles. The van der Waals surface area contributed by atoms with Crippen molar-refractivity contribution in [3.63, 3.8) is 0 Å². The molecule has 278 valence electrons. The van der Waals surface area contributed by atoms with Gasteiger partial charge in [0.25, 0.3) is 0 Å². The molecule has 9 atom stereocenters. The number of carbonyl (C=O) groups excluding carboxylic acids is 2. The molecule has 1 N–H and O–H groups in total. The number of ketones is 1. The average Bonchev–Trinajstić information content (AvgIpc) is 3.06. The van der Waals surface area contributed by atoms with Crippen molar-refractivity contribution in [2.24, 2.45) is 23.2 Å². The Bertz CT molecular complexity index is 1210. The van der Waals surface area contributed by atoms with Crippen molar-refractivity contribution in [2.75, 3.05) is 54.5 Å². The van der Waals surface area contributed by atoms with E-state index in [9.17, 15) is 14.7 Å². The SMILES string of the molecule is CO[C@]1(C)C[C@@H](C)CN(C)[C@H](CC2CCN(Cc3ccncc3)CC2)COC(=O)C(C)(C)C(=O)[C@H](C)[C@H]1O[C@@H]1O[C@H](C)C[C@H](N(C)C)[C@H]1O. The number of nitrogens with zero attached hydrogens (tertiary/aromatic N) is 4. The Hall–Kier alpha value is -1.99. The summed E-state index contributed by atoms with van der Waals surface area (Å²) in [6, 6.07) is 4.00. The molecule has 0 spiro atoms. The molecular formula is C38H64N4O7. The van der Waals surface area contributed by atoms with E-state index < -0.39 is 41.4 Å². The van der Waals surface area contributed by atoms with Gasteiger partial charge < -0.3 is 29.0 Å². The third-order valence-corrected chi connectivity index (χ3v) is 11.5. The maximum atomic E-state index is 14.3. The number of hydrogen-bond donors (Lipinski definition) is 1. The minimum Gasteiger partial charge on any atom is -0.463 e. The molecule has 3 fully saturated rings. The third-order valence-electron chi connectivity index (χ3n) is 11.5. The predicted molar refractivity (Wildman–Crippen MR) is 189 cm³/mol. The topological polar surface area (TPSA) is 114 Å². The highest BCUT2D eigenvalue weighted by molar-refractivity contribution is 6.04. The van der Waals surface area contributed by atoms with Crippen molar-refractivity contribution in [3.05, 3.63) is 30.1 Å². The molecule has 0 bridgehead atoms. The fourth-order valence-electron chi connectivity index (χ4n) is 8.35. The molecule has 11 nitrogen and oxygen atoms in total. The standard InChI is InChI=1S/C38H64N4O7/c1-25-21-38(6,46-10)34(49-35-32(43)31(40(7)8)19-26(2)48-35)27(3)33(44)37(4,5)36(45)47-24-30(41(9)22-25)20-28-13-17-42(18-14-28)23-29-11-15-39-16-12-29/h11-12,15-16,25-28,30-32,34-35,43H,13-14,17-24H2,1-10H3/t25-,26-,27+,30-,31+,32-,34-,35+,38-/m1/s1. The molecule has 1 aromatic rings. The number of likely N-dealkylation sites (tertiary alicyclic amines) is 1. The lowest BCUT2D eigenvalue weighted by Gasteiger charge is -2.47. The summed E-state index contributed by atoms with van der Waals surface area (Å²) in [5.41, 5.74) is -1.05. The summed E-state index contributed by atoms with van der Waals surface area (Å²) in [7, 11) is 7.62. The quantitative estimate of drug-likeness (QED) is 0.316. The Labute approximate surface area is 295 Å². The van der Waals surface area contributed by atoms with Crippen LogP contribution in [-0.4, -0.2) is 133 Å². The summed E-state index contributed by atoms with van der Waals surface area (Å²) in [6.07, 6.45) is 5.20. The lowest BCUT2D eigenvalue weighted by molar-refractivity contribution is -0.295. The molecule has 4 rings (SSSR count). The van der Waals surface area contributed by atoms with Crippen molar-refractivity contribution in [2.45, 2.75) is 122 Å². The zero-order chi connectivity index (χ0) is 36.1. The van der Waals surface area contributed by atoms with Gasteiger partial charge in [0.05, 0.1) is 17.8 Å². The second kappa shape index (κ2) is 17.0. The van der Waals surface area contributed by atoms with E-state index in [2.05, 4.69) is 40.9 Å². The number of rotatable bonds is 8. The van der Waals surface area contributed by atoms with E-state index in [1.165, 1.54) is 5.56 Å². The smallest absolute Gasteiger partial charge is 0.319 e. The number of aromatic nitrogens is 1. The van der Waals surface area contributed by atoms with Gasteiger partial charge in [-0.2, -0.15) is 0 Å².